The fourth-order valence-electron chi connectivity index (χ4n) is 8.91. The second kappa shape index (κ2) is 62.1. The predicted octanol–water partition coefficient (Wildman–Crippen LogP) is 21.5. The van der Waals surface area contributed by atoms with Gasteiger partial charge in [0.15, 0.2) is 6.10 Å². The van der Waals surface area contributed by atoms with E-state index in [2.05, 4.69) is 106 Å². The Balaban J connectivity index is 4.37. The molecular formula is C68H118O6. The van der Waals surface area contributed by atoms with Crippen LogP contribution in [0.15, 0.2) is 85.1 Å². The van der Waals surface area contributed by atoms with Gasteiger partial charge in [0.2, 0.25) is 0 Å². The summed E-state index contributed by atoms with van der Waals surface area (Å²) in [5.41, 5.74) is 0. The third-order valence-electron chi connectivity index (χ3n) is 13.6. The van der Waals surface area contributed by atoms with Crippen LogP contribution in [0.2, 0.25) is 0 Å². The van der Waals surface area contributed by atoms with Crippen molar-refractivity contribution in [1.29, 1.82) is 0 Å². The summed E-state index contributed by atoms with van der Waals surface area (Å²) in [4.78, 5) is 38.3. The Morgan fingerprint density at radius 1 is 0.284 bits per heavy atom. The van der Waals surface area contributed by atoms with Crippen molar-refractivity contribution in [2.45, 2.75) is 316 Å². The lowest BCUT2D eigenvalue weighted by molar-refractivity contribution is -0.167. The van der Waals surface area contributed by atoms with Gasteiger partial charge in [-0.15, -0.1) is 0 Å². The Kier molecular flexibility index (Phi) is 59.3. The molecule has 0 aromatic carbocycles. The van der Waals surface area contributed by atoms with E-state index in [1.807, 2.05) is 0 Å². The molecule has 426 valence electrons. The fraction of sp³-hybridized carbons (Fsp3) is 0.750. The van der Waals surface area contributed by atoms with Crippen LogP contribution >= 0.6 is 0 Å². The van der Waals surface area contributed by atoms with E-state index in [9.17, 15) is 14.4 Å². The number of rotatable bonds is 57. The van der Waals surface area contributed by atoms with Crippen molar-refractivity contribution in [3.63, 3.8) is 0 Å². The molecule has 6 heteroatoms. The predicted molar refractivity (Wildman–Crippen MR) is 321 cm³/mol. The van der Waals surface area contributed by atoms with Gasteiger partial charge in [0.1, 0.15) is 13.2 Å². The molecule has 0 bridgehead atoms. The van der Waals surface area contributed by atoms with Crippen LogP contribution in [0, 0.1) is 0 Å². The number of unbranched alkanes of at least 4 members (excludes halogenated alkanes) is 32. The SMILES string of the molecule is CC/C=C\C/C=C\C/C=C\C/C=C\C/C=C\CCCCCCCCCC(=O)OCC(COC(=O)CCCCCCCCCCCCCCCC)OC(=O)CCCCCCCCCCC/C=C\C/C=C\CCCCC. The average molecular weight is 1030 g/mol. The minimum Gasteiger partial charge on any atom is -0.462 e. The zero-order valence-electron chi connectivity index (χ0n) is 48.8. The van der Waals surface area contributed by atoms with E-state index in [4.69, 9.17) is 14.2 Å². The number of allylic oxidation sites excluding steroid dienone is 14. The number of hydrogen-bond donors (Lipinski definition) is 0. The van der Waals surface area contributed by atoms with Crippen molar-refractivity contribution in [3.05, 3.63) is 85.1 Å². The molecule has 74 heavy (non-hydrogen) atoms. The van der Waals surface area contributed by atoms with Crippen molar-refractivity contribution in [2.75, 3.05) is 13.2 Å². The molecule has 1 atom stereocenters. The molecular weight excluding hydrogens is 913 g/mol. The van der Waals surface area contributed by atoms with Gasteiger partial charge in [0, 0.05) is 19.3 Å². The molecule has 0 aliphatic carbocycles. The van der Waals surface area contributed by atoms with Gasteiger partial charge < -0.3 is 14.2 Å². The van der Waals surface area contributed by atoms with Crippen LogP contribution in [0.4, 0.5) is 0 Å². The minimum absolute atomic E-state index is 0.0790. The zero-order chi connectivity index (χ0) is 53.6. The molecule has 0 spiro atoms. The monoisotopic (exact) mass is 1030 g/mol. The van der Waals surface area contributed by atoms with Gasteiger partial charge in [-0.2, -0.15) is 0 Å². The first-order chi connectivity index (χ1) is 36.5. The van der Waals surface area contributed by atoms with Gasteiger partial charge >= 0.3 is 17.9 Å². The number of ether oxygens (including phenoxy) is 3. The number of carbonyl (C=O) groups excluding carboxylic acids is 3. The molecule has 0 rings (SSSR count). The maximum absolute atomic E-state index is 12.9. The number of hydrogen-bond acceptors (Lipinski definition) is 6. The third kappa shape index (κ3) is 59.5. The summed E-state index contributed by atoms with van der Waals surface area (Å²) in [6.45, 7) is 6.52. The molecule has 0 aromatic rings. The molecule has 0 radical (unpaired) electrons. The molecule has 6 nitrogen and oxygen atoms in total. The first-order valence-corrected chi connectivity index (χ1v) is 31.6. The van der Waals surface area contributed by atoms with E-state index >= 15 is 0 Å². The number of carbonyl (C=O) groups is 3. The lowest BCUT2D eigenvalue weighted by Crippen LogP contribution is -2.30. The highest BCUT2D eigenvalue weighted by molar-refractivity contribution is 5.71. The summed E-state index contributed by atoms with van der Waals surface area (Å²) in [6.07, 6.45) is 81.5. The molecule has 0 aliphatic heterocycles. The lowest BCUT2D eigenvalue weighted by Gasteiger charge is -2.18. The molecule has 1 unspecified atom stereocenters. The quantitative estimate of drug-likeness (QED) is 0.0261. The molecule has 0 saturated carbocycles. The second-order valence-corrected chi connectivity index (χ2v) is 20.9. The average Bonchev–Trinajstić information content (AvgIpc) is 3.40. The highest BCUT2D eigenvalue weighted by Crippen LogP contribution is 2.16. The molecule has 0 heterocycles. The van der Waals surface area contributed by atoms with Gasteiger partial charge in [-0.05, 0) is 96.3 Å². The highest BCUT2D eigenvalue weighted by atomic mass is 16.6. The Morgan fingerprint density at radius 2 is 0.527 bits per heavy atom. The van der Waals surface area contributed by atoms with Crippen molar-refractivity contribution in [2.24, 2.45) is 0 Å². The Bertz CT molecular complexity index is 1420. The zero-order valence-corrected chi connectivity index (χ0v) is 48.8. The van der Waals surface area contributed by atoms with Crippen LogP contribution in [-0.4, -0.2) is 37.2 Å². The smallest absolute Gasteiger partial charge is 0.306 e. The van der Waals surface area contributed by atoms with E-state index < -0.39 is 6.10 Å². The topological polar surface area (TPSA) is 78.9 Å². The Labute approximate surface area is 458 Å². The summed E-state index contributed by atoms with van der Waals surface area (Å²) in [6, 6.07) is 0. The van der Waals surface area contributed by atoms with Crippen molar-refractivity contribution >= 4 is 17.9 Å². The third-order valence-corrected chi connectivity index (χ3v) is 13.6. The van der Waals surface area contributed by atoms with Crippen LogP contribution in [0.5, 0.6) is 0 Å². The first kappa shape index (κ1) is 70.6. The van der Waals surface area contributed by atoms with E-state index in [-0.39, 0.29) is 31.1 Å². The summed E-state index contributed by atoms with van der Waals surface area (Å²) in [7, 11) is 0. The van der Waals surface area contributed by atoms with E-state index in [0.717, 1.165) is 103 Å². The normalized spacial score (nSPS) is 12.6. The molecule has 0 saturated heterocycles. The van der Waals surface area contributed by atoms with E-state index in [1.54, 1.807) is 0 Å². The van der Waals surface area contributed by atoms with Gasteiger partial charge in [-0.1, -0.05) is 279 Å². The maximum Gasteiger partial charge on any atom is 0.306 e. The molecule has 0 aliphatic rings. The summed E-state index contributed by atoms with van der Waals surface area (Å²) >= 11 is 0. The van der Waals surface area contributed by atoms with Crippen LogP contribution in [0.3, 0.4) is 0 Å². The second-order valence-electron chi connectivity index (χ2n) is 20.9. The first-order valence-electron chi connectivity index (χ1n) is 31.6. The lowest BCUT2D eigenvalue weighted by atomic mass is 10.0. The number of esters is 3. The summed E-state index contributed by atoms with van der Waals surface area (Å²) in [5.74, 6) is -0.882. The highest BCUT2D eigenvalue weighted by Gasteiger charge is 2.19. The fourth-order valence-corrected chi connectivity index (χ4v) is 8.91. The summed E-state index contributed by atoms with van der Waals surface area (Å²) in [5, 5.41) is 0. The van der Waals surface area contributed by atoms with Crippen molar-refractivity contribution in [3.8, 4) is 0 Å². The van der Waals surface area contributed by atoms with E-state index in [0.29, 0.717) is 19.3 Å². The Hall–Kier alpha value is -3.41. The Morgan fingerprint density at radius 3 is 0.851 bits per heavy atom. The van der Waals surface area contributed by atoms with Crippen LogP contribution < -0.4 is 0 Å². The van der Waals surface area contributed by atoms with Gasteiger partial charge in [-0.25, -0.2) is 0 Å². The van der Waals surface area contributed by atoms with Gasteiger partial charge in [-0.3, -0.25) is 14.4 Å². The minimum atomic E-state index is -0.783. The van der Waals surface area contributed by atoms with Crippen molar-refractivity contribution < 1.29 is 28.6 Å². The molecule has 0 N–H and O–H groups in total. The molecule has 0 aromatic heterocycles. The largest absolute Gasteiger partial charge is 0.462 e. The van der Waals surface area contributed by atoms with Crippen molar-refractivity contribution in [1.82, 2.24) is 0 Å². The molecule has 0 fully saturated rings. The van der Waals surface area contributed by atoms with Crippen LogP contribution in [0.1, 0.15) is 310 Å². The van der Waals surface area contributed by atoms with Crippen LogP contribution in [-0.2, 0) is 28.6 Å². The van der Waals surface area contributed by atoms with Gasteiger partial charge in [0.05, 0.1) is 0 Å². The van der Waals surface area contributed by atoms with Crippen LogP contribution in [0.25, 0.3) is 0 Å². The maximum atomic E-state index is 12.9. The standard InChI is InChI=1S/C68H118O6/c1-4-7-10-13-16-19-22-25-28-30-32-33-34-35-37-38-40-43-46-49-52-55-58-61-67(70)73-64-65(63-72-66(69)60-57-54-51-48-45-42-27-24-21-18-15-12-9-6-3)74-68(71)62-59-56-53-50-47-44-41-39-36-31-29-26-23-20-17-14-11-8-5-2/h7,10,16-17,19-20,25-26,28-29,32-33,35,37,65H,4-6,8-9,11-15,18,21-24,27,30-31,34,36,38-64H2,1-3H3/b10-7-,19-16-,20-17-,28-25-,29-26-,33-32-,37-35-. The van der Waals surface area contributed by atoms with E-state index in [1.165, 1.54) is 167 Å². The van der Waals surface area contributed by atoms with Gasteiger partial charge in [0.25, 0.3) is 0 Å². The molecule has 0 amide bonds. The summed E-state index contributed by atoms with van der Waals surface area (Å²) < 4.78 is 16.9.